The van der Waals surface area contributed by atoms with Gasteiger partial charge in [0.15, 0.2) is 5.78 Å². The standard InChI is InChI=1S/C21H21NO3/c1-13(2)14-7-9-15(10-8-14)20(23)11-17(21(24)25)18-12-22-19-6-4-3-5-16(18)19/h3-10,12-13,17,22H,11H2,1-2H3,(H,24,25)/t17-/m1/s1. The first-order chi connectivity index (χ1) is 12.0. The highest BCUT2D eigenvalue weighted by atomic mass is 16.4. The third-order valence-electron chi connectivity index (χ3n) is 4.58. The summed E-state index contributed by atoms with van der Waals surface area (Å²) in [4.78, 5) is 27.5. The summed E-state index contributed by atoms with van der Waals surface area (Å²) in [5, 5.41) is 10.5. The molecule has 0 saturated carbocycles. The molecule has 0 fully saturated rings. The molecule has 0 bridgehead atoms. The van der Waals surface area contributed by atoms with Gasteiger partial charge in [0.25, 0.3) is 0 Å². The van der Waals surface area contributed by atoms with E-state index in [-0.39, 0.29) is 12.2 Å². The summed E-state index contributed by atoms with van der Waals surface area (Å²) in [7, 11) is 0. The topological polar surface area (TPSA) is 70.2 Å². The predicted molar refractivity (Wildman–Crippen MR) is 98.2 cm³/mol. The average molecular weight is 335 g/mol. The molecule has 128 valence electrons. The zero-order chi connectivity index (χ0) is 18.0. The molecule has 0 aliphatic heterocycles. The smallest absolute Gasteiger partial charge is 0.311 e. The van der Waals surface area contributed by atoms with E-state index in [1.54, 1.807) is 18.3 Å². The number of aliphatic carboxylic acids is 1. The van der Waals surface area contributed by atoms with Gasteiger partial charge in [-0.05, 0) is 23.1 Å². The third kappa shape index (κ3) is 3.48. The van der Waals surface area contributed by atoms with Gasteiger partial charge in [-0.3, -0.25) is 9.59 Å². The number of rotatable bonds is 6. The molecule has 0 amide bonds. The number of H-pyrrole nitrogens is 1. The van der Waals surface area contributed by atoms with Crippen molar-refractivity contribution in [3.8, 4) is 0 Å². The predicted octanol–water partition coefficient (Wildman–Crippen LogP) is 4.73. The Morgan fingerprint density at radius 3 is 2.36 bits per heavy atom. The summed E-state index contributed by atoms with van der Waals surface area (Å²) in [6.07, 6.45) is 1.64. The molecule has 4 nitrogen and oxygen atoms in total. The SMILES string of the molecule is CC(C)c1ccc(C(=O)C[C@@H](C(=O)O)c2c[nH]c3ccccc23)cc1. The summed E-state index contributed by atoms with van der Waals surface area (Å²) in [5.74, 6) is -1.62. The van der Waals surface area contributed by atoms with Gasteiger partial charge in [-0.15, -0.1) is 0 Å². The molecule has 3 aromatic rings. The Bertz CT molecular complexity index is 906. The van der Waals surface area contributed by atoms with Gasteiger partial charge in [0.05, 0.1) is 5.92 Å². The van der Waals surface area contributed by atoms with Crippen molar-refractivity contribution < 1.29 is 14.7 Å². The second-order valence-corrected chi connectivity index (χ2v) is 6.58. The molecule has 1 aromatic heterocycles. The minimum atomic E-state index is -0.989. The lowest BCUT2D eigenvalue weighted by Crippen LogP contribution is -2.16. The van der Waals surface area contributed by atoms with Crippen LogP contribution in [0.3, 0.4) is 0 Å². The zero-order valence-electron chi connectivity index (χ0n) is 14.3. The highest BCUT2D eigenvalue weighted by Crippen LogP contribution is 2.29. The van der Waals surface area contributed by atoms with Crippen molar-refractivity contribution in [1.29, 1.82) is 0 Å². The fourth-order valence-electron chi connectivity index (χ4n) is 3.07. The first kappa shape index (κ1) is 17.0. The number of carboxylic acids is 1. The Kier molecular flexibility index (Phi) is 4.70. The van der Waals surface area contributed by atoms with Crippen LogP contribution in [0.5, 0.6) is 0 Å². The van der Waals surface area contributed by atoms with Crippen LogP contribution in [0.15, 0.2) is 54.7 Å². The first-order valence-electron chi connectivity index (χ1n) is 8.39. The maximum absolute atomic E-state index is 12.6. The van der Waals surface area contributed by atoms with Crippen molar-refractivity contribution in [2.45, 2.75) is 32.1 Å². The lowest BCUT2D eigenvalue weighted by Gasteiger charge is -2.12. The van der Waals surface area contributed by atoms with Crippen molar-refractivity contribution in [2.24, 2.45) is 0 Å². The van der Waals surface area contributed by atoms with Crippen LogP contribution in [-0.2, 0) is 4.79 Å². The Balaban J connectivity index is 1.87. The number of aromatic nitrogens is 1. The van der Waals surface area contributed by atoms with Crippen LogP contribution in [0.1, 0.15) is 53.6 Å². The highest BCUT2D eigenvalue weighted by Gasteiger charge is 2.26. The number of carboxylic acid groups (broad SMARTS) is 1. The number of carbonyl (C=O) groups is 2. The van der Waals surface area contributed by atoms with Crippen molar-refractivity contribution in [3.05, 3.63) is 71.4 Å². The molecule has 2 N–H and O–H groups in total. The molecule has 0 spiro atoms. The van der Waals surface area contributed by atoms with Crippen molar-refractivity contribution in [1.82, 2.24) is 4.98 Å². The maximum Gasteiger partial charge on any atom is 0.311 e. The Morgan fingerprint density at radius 1 is 1.04 bits per heavy atom. The molecule has 1 atom stereocenters. The molecular formula is C21H21NO3. The molecular weight excluding hydrogens is 314 g/mol. The van der Waals surface area contributed by atoms with Crippen LogP contribution in [-0.4, -0.2) is 21.8 Å². The molecule has 0 aliphatic carbocycles. The van der Waals surface area contributed by atoms with E-state index < -0.39 is 11.9 Å². The van der Waals surface area contributed by atoms with E-state index in [0.717, 1.165) is 16.5 Å². The largest absolute Gasteiger partial charge is 0.481 e. The van der Waals surface area contributed by atoms with Crippen LogP contribution >= 0.6 is 0 Å². The quantitative estimate of drug-likeness (QED) is 0.640. The molecule has 4 heteroatoms. The second kappa shape index (κ2) is 6.93. The van der Waals surface area contributed by atoms with Crippen LogP contribution in [0, 0.1) is 0 Å². The monoisotopic (exact) mass is 335 g/mol. The minimum absolute atomic E-state index is 0.0573. The number of carbonyl (C=O) groups excluding carboxylic acids is 1. The van der Waals surface area contributed by atoms with Gasteiger partial charge in [-0.2, -0.15) is 0 Å². The summed E-state index contributed by atoms with van der Waals surface area (Å²) in [5.41, 5.74) is 3.23. The summed E-state index contributed by atoms with van der Waals surface area (Å²) >= 11 is 0. The van der Waals surface area contributed by atoms with E-state index in [0.29, 0.717) is 17.0 Å². The molecule has 0 radical (unpaired) electrons. The van der Waals surface area contributed by atoms with Crippen molar-refractivity contribution in [2.75, 3.05) is 0 Å². The number of aromatic amines is 1. The van der Waals surface area contributed by atoms with Crippen molar-refractivity contribution >= 4 is 22.7 Å². The second-order valence-electron chi connectivity index (χ2n) is 6.58. The van der Waals surface area contributed by atoms with Gasteiger partial charge in [-0.25, -0.2) is 0 Å². The van der Waals surface area contributed by atoms with E-state index >= 15 is 0 Å². The fourth-order valence-corrected chi connectivity index (χ4v) is 3.07. The number of benzene rings is 2. The van der Waals surface area contributed by atoms with E-state index in [1.165, 1.54) is 0 Å². The van der Waals surface area contributed by atoms with Gasteiger partial charge in [0.2, 0.25) is 0 Å². The zero-order valence-corrected chi connectivity index (χ0v) is 14.3. The Labute approximate surface area is 146 Å². The number of para-hydroxylation sites is 1. The number of Topliss-reactive ketones (excluding diaryl/α,β-unsaturated/α-hetero) is 1. The molecule has 3 rings (SSSR count). The van der Waals surface area contributed by atoms with Gasteiger partial charge >= 0.3 is 5.97 Å². The third-order valence-corrected chi connectivity index (χ3v) is 4.58. The number of ketones is 1. The molecule has 0 unspecified atom stereocenters. The van der Waals surface area contributed by atoms with Gasteiger partial charge in [0, 0.05) is 29.1 Å². The molecule has 0 aliphatic rings. The average Bonchev–Trinajstić information content (AvgIpc) is 3.03. The number of fused-ring (bicyclic) bond motifs is 1. The number of hydrogen-bond acceptors (Lipinski definition) is 2. The number of hydrogen-bond donors (Lipinski definition) is 2. The van der Waals surface area contributed by atoms with Crippen LogP contribution in [0.25, 0.3) is 10.9 Å². The van der Waals surface area contributed by atoms with Gasteiger partial charge in [-0.1, -0.05) is 56.3 Å². The first-order valence-corrected chi connectivity index (χ1v) is 8.39. The summed E-state index contributed by atoms with van der Waals surface area (Å²) < 4.78 is 0. The summed E-state index contributed by atoms with van der Waals surface area (Å²) in [6, 6.07) is 14.9. The normalized spacial score (nSPS) is 12.4. The maximum atomic E-state index is 12.6. The molecule has 25 heavy (non-hydrogen) atoms. The van der Waals surface area contributed by atoms with E-state index in [1.807, 2.05) is 36.4 Å². The molecule has 0 saturated heterocycles. The highest BCUT2D eigenvalue weighted by molar-refractivity contribution is 6.00. The van der Waals surface area contributed by atoms with Gasteiger partial charge < -0.3 is 10.1 Å². The Hall–Kier alpha value is -2.88. The Morgan fingerprint density at radius 2 is 1.72 bits per heavy atom. The minimum Gasteiger partial charge on any atom is -0.481 e. The van der Waals surface area contributed by atoms with Crippen LogP contribution in [0.2, 0.25) is 0 Å². The summed E-state index contributed by atoms with van der Waals surface area (Å²) in [6.45, 7) is 4.18. The van der Waals surface area contributed by atoms with E-state index in [9.17, 15) is 14.7 Å². The molecule has 1 heterocycles. The molecule has 2 aromatic carbocycles. The van der Waals surface area contributed by atoms with Gasteiger partial charge in [0.1, 0.15) is 0 Å². The lowest BCUT2D eigenvalue weighted by molar-refractivity contribution is -0.138. The van der Waals surface area contributed by atoms with E-state index in [2.05, 4.69) is 18.8 Å². The van der Waals surface area contributed by atoms with Crippen LogP contribution in [0.4, 0.5) is 0 Å². The van der Waals surface area contributed by atoms with E-state index in [4.69, 9.17) is 0 Å². The number of nitrogens with one attached hydrogen (secondary N) is 1. The fraction of sp³-hybridized carbons (Fsp3) is 0.238. The van der Waals surface area contributed by atoms with Crippen LogP contribution < -0.4 is 0 Å². The van der Waals surface area contributed by atoms with Crippen molar-refractivity contribution in [3.63, 3.8) is 0 Å². The lowest BCUT2D eigenvalue weighted by atomic mass is 9.90.